The minimum Gasteiger partial charge on any atom is -0.507 e. The van der Waals surface area contributed by atoms with Crippen LogP contribution in [0, 0.1) is 0 Å². The number of aromatic hydroxyl groups is 1. The summed E-state index contributed by atoms with van der Waals surface area (Å²) >= 11 is 6.61. The van der Waals surface area contributed by atoms with Crippen LogP contribution < -0.4 is 0 Å². The van der Waals surface area contributed by atoms with E-state index in [0.29, 0.717) is 21.5 Å². The monoisotopic (exact) mass is 389 g/mol. The zero-order valence-corrected chi connectivity index (χ0v) is 18.0. The lowest BCUT2D eigenvalue weighted by atomic mass is 9.78. The summed E-state index contributed by atoms with van der Waals surface area (Å²) in [6.07, 6.45) is 3.54. The maximum atomic E-state index is 12.6. The van der Waals surface area contributed by atoms with Crippen molar-refractivity contribution in [2.24, 2.45) is 0 Å². The Bertz CT molecular complexity index is 760. The van der Waals surface area contributed by atoms with E-state index in [1.54, 1.807) is 11.0 Å². The van der Waals surface area contributed by atoms with Gasteiger partial charge in [0.1, 0.15) is 10.1 Å². The largest absolute Gasteiger partial charge is 0.507 e. The quantitative estimate of drug-likeness (QED) is 0.428. The number of hydrogen-bond acceptors (Lipinski definition) is 4. The molecule has 1 aliphatic heterocycles. The van der Waals surface area contributed by atoms with E-state index in [1.807, 2.05) is 18.2 Å². The molecule has 1 aromatic carbocycles. The van der Waals surface area contributed by atoms with Gasteiger partial charge in [-0.2, -0.15) is 0 Å². The van der Waals surface area contributed by atoms with Gasteiger partial charge in [0.15, 0.2) is 0 Å². The molecular formula is C21H27NO2S2. The molecule has 1 aromatic rings. The highest BCUT2D eigenvalue weighted by Gasteiger charge is 2.32. The second-order valence-corrected chi connectivity index (χ2v) is 10.2. The average molecular weight is 390 g/mol. The van der Waals surface area contributed by atoms with Crippen LogP contribution in [-0.2, 0) is 15.6 Å². The van der Waals surface area contributed by atoms with Crippen molar-refractivity contribution in [1.82, 2.24) is 4.90 Å². The number of phenols is 1. The van der Waals surface area contributed by atoms with Gasteiger partial charge >= 0.3 is 0 Å². The van der Waals surface area contributed by atoms with Gasteiger partial charge in [-0.3, -0.25) is 9.69 Å². The fourth-order valence-corrected chi connectivity index (χ4v) is 4.10. The molecule has 1 aliphatic rings. The van der Waals surface area contributed by atoms with Crippen LogP contribution in [0.15, 0.2) is 29.7 Å². The third-order valence-corrected chi connectivity index (χ3v) is 5.61. The molecular weight excluding hydrogens is 362 g/mol. The molecule has 140 valence electrons. The number of carbonyl (C=O) groups is 1. The molecule has 3 nitrogen and oxygen atoms in total. The summed E-state index contributed by atoms with van der Waals surface area (Å²) in [7, 11) is 0. The first-order valence-corrected chi connectivity index (χ1v) is 9.83. The number of carbonyl (C=O) groups excluding carboxylic acids is 1. The number of nitrogens with zero attached hydrogens (tertiary/aromatic N) is 1. The number of amides is 1. The number of thiocarbonyl (C=S) groups is 1. The number of rotatable bonds is 3. The molecule has 2 rings (SSSR count). The van der Waals surface area contributed by atoms with E-state index in [9.17, 15) is 9.90 Å². The minimum atomic E-state index is -0.213. The molecule has 0 spiro atoms. The van der Waals surface area contributed by atoms with E-state index >= 15 is 0 Å². The maximum absolute atomic E-state index is 12.6. The van der Waals surface area contributed by atoms with Gasteiger partial charge < -0.3 is 5.11 Å². The van der Waals surface area contributed by atoms with Crippen LogP contribution in [0.2, 0.25) is 0 Å². The van der Waals surface area contributed by atoms with Crippen LogP contribution in [0.4, 0.5) is 0 Å². The summed E-state index contributed by atoms with van der Waals surface area (Å²) in [6, 6.07) is 3.93. The molecule has 1 N–H and O–H groups in total. The van der Waals surface area contributed by atoms with Crippen LogP contribution in [0.3, 0.4) is 0 Å². The van der Waals surface area contributed by atoms with E-state index in [2.05, 4.69) is 48.1 Å². The first-order valence-electron chi connectivity index (χ1n) is 8.60. The molecule has 0 aromatic heterocycles. The molecule has 1 heterocycles. The van der Waals surface area contributed by atoms with Crippen LogP contribution in [0.5, 0.6) is 5.75 Å². The van der Waals surface area contributed by atoms with E-state index in [4.69, 9.17) is 12.2 Å². The Morgan fingerprint density at radius 1 is 1.15 bits per heavy atom. The summed E-state index contributed by atoms with van der Waals surface area (Å²) in [5, 5.41) is 10.8. The minimum absolute atomic E-state index is 0.0948. The molecule has 0 aliphatic carbocycles. The third-order valence-electron chi connectivity index (χ3n) is 4.23. The van der Waals surface area contributed by atoms with Crippen molar-refractivity contribution in [2.75, 3.05) is 6.54 Å². The van der Waals surface area contributed by atoms with Gasteiger partial charge in [-0.25, -0.2) is 0 Å². The molecule has 1 fully saturated rings. The number of hydrogen-bond donors (Lipinski definition) is 1. The van der Waals surface area contributed by atoms with Crippen molar-refractivity contribution in [3.05, 3.63) is 46.4 Å². The van der Waals surface area contributed by atoms with Crippen LogP contribution in [-0.4, -0.2) is 26.8 Å². The molecule has 0 atom stereocenters. The number of benzene rings is 1. The van der Waals surface area contributed by atoms with Crippen molar-refractivity contribution < 1.29 is 9.90 Å². The maximum Gasteiger partial charge on any atom is 0.266 e. The molecule has 5 heteroatoms. The fourth-order valence-electron chi connectivity index (χ4n) is 2.82. The predicted octanol–water partition coefficient (Wildman–Crippen LogP) is 5.37. The first-order chi connectivity index (χ1) is 11.9. The lowest BCUT2D eigenvalue weighted by molar-refractivity contribution is -0.121. The van der Waals surface area contributed by atoms with Gasteiger partial charge in [0.2, 0.25) is 0 Å². The lowest BCUT2D eigenvalue weighted by Crippen LogP contribution is -2.27. The van der Waals surface area contributed by atoms with Gasteiger partial charge in [-0.15, -0.1) is 6.58 Å². The van der Waals surface area contributed by atoms with Gasteiger partial charge in [-0.05, 0) is 34.6 Å². The van der Waals surface area contributed by atoms with E-state index < -0.39 is 0 Å². The van der Waals surface area contributed by atoms with E-state index in [1.165, 1.54) is 11.8 Å². The van der Waals surface area contributed by atoms with Crippen molar-refractivity contribution in [1.29, 1.82) is 0 Å². The van der Waals surface area contributed by atoms with Crippen molar-refractivity contribution in [3.8, 4) is 5.75 Å². The van der Waals surface area contributed by atoms with Crippen LogP contribution >= 0.6 is 24.0 Å². The summed E-state index contributed by atoms with van der Waals surface area (Å²) in [6.45, 7) is 16.5. The zero-order chi connectivity index (χ0) is 19.9. The van der Waals surface area contributed by atoms with Gasteiger partial charge in [0.05, 0.1) is 4.91 Å². The first kappa shape index (κ1) is 20.7. The second kappa shape index (κ2) is 7.20. The summed E-state index contributed by atoms with van der Waals surface area (Å²) in [5.41, 5.74) is 2.22. The van der Waals surface area contributed by atoms with Gasteiger partial charge in [-0.1, -0.05) is 71.6 Å². The van der Waals surface area contributed by atoms with E-state index in [0.717, 1.165) is 16.7 Å². The standard InChI is InChI=1S/C21H27NO2S2/c1-8-9-22-18(24)16(26-19(22)25)12-13-10-14(20(2,3)4)17(23)15(11-13)21(5,6)7/h8,10-12,23H,1,9H2,2-7H3/b16-12-. The highest BCUT2D eigenvalue weighted by atomic mass is 32.2. The smallest absolute Gasteiger partial charge is 0.266 e. The Kier molecular flexibility index (Phi) is 5.74. The molecule has 0 saturated carbocycles. The molecule has 0 unspecified atom stereocenters. The van der Waals surface area contributed by atoms with Crippen molar-refractivity contribution in [3.63, 3.8) is 0 Å². The Morgan fingerprint density at radius 3 is 2.08 bits per heavy atom. The summed E-state index contributed by atoms with van der Waals surface area (Å²) in [4.78, 5) is 14.7. The summed E-state index contributed by atoms with van der Waals surface area (Å²) < 4.78 is 0.548. The average Bonchev–Trinajstić information content (AvgIpc) is 2.74. The number of thioether (sulfide) groups is 1. The molecule has 0 bridgehead atoms. The number of phenolic OH excluding ortho intramolecular Hbond substituents is 1. The highest BCUT2D eigenvalue weighted by molar-refractivity contribution is 8.26. The van der Waals surface area contributed by atoms with Gasteiger partial charge in [0.25, 0.3) is 5.91 Å². The van der Waals surface area contributed by atoms with E-state index in [-0.39, 0.29) is 16.7 Å². The lowest BCUT2D eigenvalue weighted by Gasteiger charge is -2.28. The van der Waals surface area contributed by atoms with Gasteiger partial charge in [0, 0.05) is 17.7 Å². The normalized spacial score (nSPS) is 17.3. The van der Waals surface area contributed by atoms with Crippen molar-refractivity contribution in [2.45, 2.75) is 52.4 Å². The Labute approximate surface area is 166 Å². The molecule has 1 amide bonds. The predicted molar refractivity (Wildman–Crippen MR) is 116 cm³/mol. The Hall–Kier alpha value is -1.59. The molecule has 1 saturated heterocycles. The van der Waals surface area contributed by atoms with Crippen LogP contribution in [0.1, 0.15) is 58.2 Å². The molecule has 0 radical (unpaired) electrons. The zero-order valence-electron chi connectivity index (χ0n) is 16.3. The Morgan fingerprint density at radius 2 is 1.65 bits per heavy atom. The van der Waals surface area contributed by atoms with Crippen molar-refractivity contribution >= 4 is 40.3 Å². The fraction of sp³-hybridized carbons (Fsp3) is 0.429. The summed E-state index contributed by atoms with van der Waals surface area (Å²) in [5.74, 6) is 0.240. The SMILES string of the molecule is C=CCN1C(=O)/C(=C/c2cc(C(C)(C)C)c(O)c(C(C)(C)C)c2)SC1=S. The molecule has 26 heavy (non-hydrogen) atoms. The topological polar surface area (TPSA) is 40.5 Å². The Balaban J connectivity index is 2.59. The highest BCUT2D eigenvalue weighted by Crippen LogP contribution is 2.41. The third kappa shape index (κ3) is 4.21. The van der Waals surface area contributed by atoms with Crippen LogP contribution in [0.25, 0.3) is 6.08 Å². The second-order valence-electron chi connectivity index (χ2n) is 8.55.